The number of hydrogen-bond donors (Lipinski definition) is 0. The molecule has 5 rings (SSSR count). The lowest BCUT2D eigenvalue weighted by molar-refractivity contribution is -0.124. The molecule has 1 saturated carbocycles. The van der Waals surface area contributed by atoms with Gasteiger partial charge in [-0.2, -0.15) is 0 Å². The number of benzene rings is 3. The summed E-state index contributed by atoms with van der Waals surface area (Å²) in [4.78, 5) is 31.2. The molecule has 3 aromatic carbocycles. The van der Waals surface area contributed by atoms with Crippen molar-refractivity contribution in [2.75, 3.05) is 18.0 Å². The lowest BCUT2D eigenvalue weighted by Gasteiger charge is -2.40. The van der Waals surface area contributed by atoms with Crippen molar-refractivity contribution in [3.8, 4) is 11.1 Å². The van der Waals surface area contributed by atoms with Gasteiger partial charge in [-0.05, 0) is 80.8 Å². The number of carbonyl (C=O) groups is 2. The van der Waals surface area contributed by atoms with Gasteiger partial charge in [-0.3, -0.25) is 4.79 Å². The molecule has 0 N–H and O–H groups in total. The van der Waals surface area contributed by atoms with Crippen molar-refractivity contribution in [1.82, 2.24) is 4.90 Å². The van der Waals surface area contributed by atoms with Crippen LogP contribution in [0.15, 0.2) is 72.8 Å². The van der Waals surface area contributed by atoms with E-state index < -0.39 is 11.5 Å². The largest absolute Gasteiger partial charge is 0.444 e. The molecule has 2 atom stereocenters. The molecule has 5 nitrogen and oxygen atoms in total. The smallest absolute Gasteiger partial charge is 0.410 e. The van der Waals surface area contributed by atoms with Crippen LogP contribution in [-0.4, -0.2) is 49.5 Å². The van der Waals surface area contributed by atoms with Crippen LogP contribution in [0.5, 0.6) is 0 Å². The molecular weight excluding hydrogens is 507 g/mol. The Bertz CT molecular complexity index is 1350. The van der Waals surface area contributed by atoms with Gasteiger partial charge in [0.1, 0.15) is 13.4 Å². The number of anilines is 1. The zero-order chi connectivity index (χ0) is 27.7. The Balaban J connectivity index is 1.50. The summed E-state index contributed by atoms with van der Waals surface area (Å²) in [6.45, 7) is 6.47. The van der Waals surface area contributed by atoms with Gasteiger partial charge in [0.2, 0.25) is 5.91 Å². The summed E-state index contributed by atoms with van der Waals surface area (Å²) in [6, 6.07) is 24.8. The van der Waals surface area contributed by atoms with Crippen molar-refractivity contribution in [3.63, 3.8) is 0 Å². The number of nitrogens with zero attached hydrogens (tertiary/aromatic N) is 2. The molecule has 7 heteroatoms. The number of halogens is 1. The molecule has 39 heavy (non-hydrogen) atoms. The minimum atomic E-state index is -0.599. The van der Waals surface area contributed by atoms with Crippen molar-refractivity contribution in [1.29, 1.82) is 0 Å². The van der Waals surface area contributed by atoms with Crippen LogP contribution in [0.3, 0.4) is 0 Å². The number of rotatable bonds is 5. The number of ether oxygens (including phenoxy) is 1. The molecule has 0 aromatic heterocycles. The van der Waals surface area contributed by atoms with E-state index in [1.54, 1.807) is 4.90 Å². The van der Waals surface area contributed by atoms with Crippen molar-refractivity contribution < 1.29 is 14.3 Å². The summed E-state index contributed by atoms with van der Waals surface area (Å²) >= 11 is 6.32. The van der Waals surface area contributed by atoms with Gasteiger partial charge >= 0.3 is 6.09 Å². The molecule has 0 spiro atoms. The molecule has 0 radical (unpaired) electrons. The van der Waals surface area contributed by atoms with Crippen LogP contribution >= 0.6 is 11.6 Å². The monoisotopic (exact) mass is 542 g/mol. The summed E-state index contributed by atoms with van der Waals surface area (Å²) < 4.78 is 5.70. The van der Waals surface area contributed by atoms with Crippen LogP contribution in [0.1, 0.15) is 51.5 Å². The third-order valence-corrected chi connectivity index (χ3v) is 8.00. The molecular formula is C32H36BClN2O3. The number of amides is 2. The van der Waals surface area contributed by atoms with E-state index >= 15 is 0 Å². The fourth-order valence-electron chi connectivity index (χ4n) is 5.48. The Hall–Kier alpha value is -3.25. The maximum atomic E-state index is 14.5. The summed E-state index contributed by atoms with van der Waals surface area (Å²) in [5.74, 6) is -0.356. The predicted molar refractivity (Wildman–Crippen MR) is 161 cm³/mol. The minimum absolute atomic E-state index is 0.0190. The first-order valence-electron chi connectivity index (χ1n) is 13.8. The fourth-order valence-corrected chi connectivity index (χ4v) is 5.60. The standard InChI is InChI=1S/C32H36BClN2O3/c1-32(2,3)39-31(38)35-17-16-26(23-11-7-10-22(18-23)21-8-5-4-6-9-21)27(20-35)30(37)36(24-12-13-24)25-14-15-29(34)28(33)19-25/h4-11,14-15,18-19,24,26-27H,12-13,16-17,20,33H2,1-3H3/t26-,27+/m1/s1. The normalized spacial score (nSPS) is 19.4. The molecule has 0 bridgehead atoms. The van der Waals surface area contributed by atoms with Crippen LogP contribution in [0.2, 0.25) is 5.02 Å². The molecule has 2 fully saturated rings. The van der Waals surface area contributed by atoms with E-state index in [-0.39, 0.29) is 24.0 Å². The van der Waals surface area contributed by atoms with Crippen LogP contribution in [-0.2, 0) is 9.53 Å². The van der Waals surface area contributed by atoms with Gasteiger partial charge in [-0.1, -0.05) is 71.7 Å². The molecule has 0 unspecified atom stereocenters. The Morgan fingerprint density at radius 2 is 1.67 bits per heavy atom. The van der Waals surface area contributed by atoms with E-state index in [2.05, 4.69) is 36.4 Å². The van der Waals surface area contributed by atoms with Gasteiger partial charge in [0, 0.05) is 29.8 Å². The summed E-state index contributed by atoms with van der Waals surface area (Å²) in [7, 11) is 1.96. The third-order valence-electron chi connectivity index (χ3n) is 7.57. The van der Waals surface area contributed by atoms with Gasteiger partial charge in [0.15, 0.2) is 0 Å². The summed E-state index contributed by atoms with van der Waals surface area (Å²) in [5.41, 5.74) is 4.61. The second kappa shape index (κ2) is 11.1. The maximum absolute atomic E-state index is 14.5. The highest BCUT2D eigenvalue weighted by Gasteiger charge is 2.44. The topological polar surface area (TPSA) is 49.9 Å². The van der Waals surface area contributed by atoms with Crippen molar-refractivity contribution >= 4 is 42.6 Å². The van der Waals surface area contributed by atoms with E-state index in [1.165, 1.54) is 0 Å². The Labute approximate surface area is 237 Å². The van der Waals surface area contributed by atoms with E-state index in [4.69, 9.17) is 16.3 Å². The molecule has 2 amide bonds. The van der Waals surface area contributed by atoms with Gasteiger partial charge in [0.05, 0.1) is 5.92 Å². The first kappa shape index (κ1) is 27.3. The lowest BCUT2D eigenvalue weighted by atomic mass is 9.78. The van der Waals surface area contributed by atoms with Gasteiger partial charge in [-0.25, -0.2) is 4.79 Å². The number of piperidine rings is 1. The van der Waals surface area contributed by atoms with Gasteiger partial charge < -0.3 is 14.5 Å². The molecule has 1 aliphatic carbocycles. The van der Waals surface area contributed by atoms with E-state index in [1.807, 2.05) is 69.9 Å². The molecule has 3 aromatic rings. The number of carbonyl (C=O) groups excluding carboxylic acids is 2. The molecule has 202 valence electrons. The minimum Gasteiger partial charge on any atom is -0.444 e. The SMILES string of the molecule is Bc1cc(N(C(=O)[C@H]2CN(C(=O)OC(C)(C)C)CC[C@@H]2c2cccc(-c3ccccc3)c2)C2CC2)ccc1Cl. The maximum Gasteiger partial charge on any atom is 0.410 e. The first-order chi connectivity index (χ1) is 18.6. The molecule has 1 saturated heterocycles. The van der Waals surface area contributed by atoms with E-state index in [0.717, 1.165) is 40.7 Å². The average Bonchev–Trinajstić information content (AvgIpc) is 3.75. The zero-order valence-corrected chi connectivity index (χ0v) is 23.9. The van der Waals surface area contributed by atoms with Gasteiger partial charge in [-0.15, -0.1) is 0 Å². The van der Waals surface area contributed by atoms with Crippen molar-refractivity contribution in [3.05, 3.63) is 83.4 Å². The highest BCUT2D eigenvalue weighted by molar-refractivity contribution is 6.45. The van der Waals surface area contributed by atoms with Crippen LogP contribution < -0.4 is 10.4 Å². The Morgan fingerprint density at radius 1 is 0.949 bits per heavy atom. The Kier molecular flexibility index (Phi) is 7.77. The molecule has 1 aliphatic heterocycles. The van der Waals surface area contributed by atoms with Crippen molar-refractivity contribution in [2.24, 2.45) is 5.92 Å². The van der Waals surface area contributed by atoms with E-state index in [9.17, 15) is 9.59 Å². The number of likely N-dealkylation sites (tertiary alicyclic amines) is 1. The van der Waals surface area contributed by atoms with Crippen LogP contribution in [0.4, 0.5) is 10.5 Å². The zero-order valence-electron chi connectivity index (χ0n) is 23.2. The molecule has 2 aliphatic rings. The van der Waals surface area contributed by atoms with Crippen molar-refractivity contribution in [2.45, 2.75) is 57.6 Å². The highest BCUT2D eigenvalue weighted by atomic mass is 35.5. The predicted octanol–water partition coefficient (Wildman–Crippen LogP) is 5.80. The second-order valence-electron chi connectivity index (χ2n) is 11.8. The Morgan fingerprint density at radius 3 is 2.33 bits per heavy atom. The molecule has 1 heterocycles. The first-order valence-corrected chi connectivity index (χ1v) is 14.2. The third kappa shape index (κ3) is 6.33. The highest BCUT2D eigenvalue weighted by Crippen LogP contribution is 2.40. The summed E-state index contributed by atoms with van der Waals surface area (Å²) in [6.07, 6.45) is 2.28. The van der Waals surface area contributed by atoms with Crippen LogP contribution in [0, 0.1) is 5.92 Å². The van der Waals surface area contributed by atoms with Gasteiger partial charge in [0.25, 0.3) is 0 Å². The summed E-state index contributed by atoms with van der Waals surface area (Å²) in [5, 5.41) is 0.686. The number of hydrogen-bond acceptors (Lipinski definition) is 3. The fraction of sp³-hybridized carbons (Fsp3) is 0.375. The quantitative estimate of drug-likeness (QED) is 0.383. The van der Waals surface area contributed by atoms with Crippen LogP contribution in [0.25, 0.3) is 11.1 Å². The second-order valence-corrected chi connectivity index (χ2v) is 12.2. The lowest BCUT2D eigenvalue weighted by Crippen LogP contribution is -2.51. The average molecular weight is 543 g/mol. The van der Waals surface area contributed by atoms with E-state index in [0.29, 0.717) is 24.5 Å².